The van der Waals surface area contributed by atoms with Crippen LogP contribution in [0.4, 0.5) is 0 Å². The van der Waals surface area contributed by atoms with E-state index in [2.05, 4.69) is 76.2 Å². The second-order valence-electron chi connectivity index (χ2n) is 7.36. The summed E-state index contributed by atoms with van der Waals surface area (Å²) in [5, 5.41) is 0. The van der Waals surface area contributed by atoms with E-state index in [1.165, 1.54) is 40.7 Å². The highest BCUT2D eigenvalue weighted by Gasteiger charge is 2.21. The Morgan fingerprint density at radius 3 is 2.35 bits per heavy atom. The van der Waals surface area contributed by atoms with Crippen LogP contribution in [0.2, 0.25) is 0 Å². The summed E-state index contributed by atoms with van der Waals surface area (Å²) in [6.07, 6.45) is 6.00. The summed E-state index contributed by atoms with van der Waals surface area (Å²) in [6.45, 7) is 9.26. The number of hydrogen-bond acceptors (Lipinski definition) is 0. The normalized spacial score (nSPS) is 14.7. The zero-order valence-electron chi connectivity index (χ0n) is 14.9. The summed E-state index contributed by atoms with van der Waals surface area (Å²) in [6, 6.07) is 15.7. The van der Waals surface area contributed by atoms with Gasteiger partial charge in [-0.3, -0.25) is 0 Å². The van der Waals surface area contributed by atoms with Crippen molar-refractivity contribution in [2.75, 3.05) is 0 Å². The molecule has 2 aromatic carbocycles. The van der Waals surface area contributed by atoms with Gasteiger partial charge in [0.05, 0.1) is 0 Å². The molecule has 0 aromatic heterocycles. The minimum absolute atomic E-state index is 0.595. The Morgan fingerprint density at radius 2 is 1.70 bits per heavy atom. The molecular weight excluding hydrogens is 276 g/mol. The molecule has 1 atom stereocenters. The van der Waals surface area contributed by atoms with Crippen molar-refractivity contribution < 1.29 is 0 Å². The highest BCUT2D eigenvalue weighted by atomic mass is 14.3. The Labute approximate surface area is 141 Å². The lowest BCUT2D eigenvalue weighted by Gasteiger charge is -2.19. The van der Waals surface area contributed by atoms with E-state index in [9.17, 15) is 0 Å². The predicted octanol–water partition coefficient (Wildman–Crippen LogP) is 6.85. The molecule has 2 aromatic rings. The van der Waals surface area contributed by atoms with E-state index >= 15 is 0 Å². The maximum absolute atomic E-state index is 2.48. The summed E-state index contributed by atoms with van der Waals surface area (Å²) >= 11 is 0. The van der Waals surface area contributed by atoms with Gasteiger partial charge < -0.3 is 0 Å². The van der Waals surface area contributed by atoms with E-state index in [4.69, 9.17) is 0 Å². The first-order valence-electron chi connectivity index (χ1n) is 9.00. The van der Waals surface area contributed by atoms with Gasteiger partial charge >= 0.3 is 0 Å². The van der Waals surface area contributed by atoms with Crippen LogP contribution in [0.25, 0.3) is 17.2 Å². The second kappa shape index (κ2) is 6.74. The van der Waals surface area contributed by atoms with Crippen LogP contribution < -0.4 is 0 Å². The van der Waals surface area contributed by atoms with E-state index < -0.39 is 0 Å². The van der Waals surface area contributed by atoms with Gasteiger partial charge in [-0.15, -0.1) is 0 Å². The lowest BCUT2D eigenvalue weighted by Crippen LogP contribution is -1.99. The van der Waals surface area contributed by atoms with Crippen LogP contribution in [0.3, 0.4) is 0 Å². The predicted molar refractivity (Wildman–Crippen MR) is 102 cm³/mol. The fraction of sp³-hybridized carbons (Fsp3) is 0.391. The Kier molecular flexibility index (Phi) is 4.71. The molecule has 0 spiro atoms. The Morgan fingerprint density at radius 1 is 0.957 bits per heavy atom. The lowest BCUT2D eigenvalue weighted by molar-refractivity contribution is 0.638. The van der Waals surface area contributed by atoms with Crippen molar-refractivity contribution >= 4 is 6.08 Å². The molecular formula is C23H28. The molecule has 0 fully saturated rings. The Balaban J connectivity index is 2.15. The SMILES string of the molecule is CCC(C)c1ccc2c(c1-c1ccccc1)C=C(CC(C)C)C2. The van der Waals surface area contributed by atoms with Crippen LogP contribution >= 0.6 is 0 Å². The molecule has 0 saturated carbocycles. The van der Waals surface area contributed by atoms with Gasteiger partial charge in [0, 0.05) is 0 Å². The van der Waals surface area contributed by atoms with Crippen LogP contribution in [0.15, 0.2) is 48.0 Å². The molecule has 1 unspecified atom stereocenters. The zero-order chi connectivity index (χ0) is 16.4. The van der Waals surface area contributed by atoms with Gasteiger partial charge in [-0.2, -0.15) is 0 Å². The third-order valence-corrected chi connectivity index (χ3v) is 5.01. The number of allylic oxidation sites excluding steroid dienone is 1. The fourth-order valence-electron chi connectivity index (χ4n) is 3.71. The van der Waals surface area contributed by atoms with Gasteiger partial charge in [0.15, 0.2) is 0 Å². The number of rotatable bonds is 5. The van der Waals surface area contributed by atoms with Crippen molar-refractivity contribution in [1.29, 1.82) is 0 Å². The molecule has 0 heteroatoms. The third-order valence-electron chi connectivity index (χ3n) is 5.01. The lowest BCUT2D eigenvalue weighted by atomic mass is 9.85. The van der Waals surface area contributed by atoms with Crippen molar-refractivity contribution in [2.24, 2.45) is 5.92 Å². The number of fused-ring (bicyclic) bond motifs is 1. The molecule has 23 heavy (non-hydrogen) atoms. The number of hydrogen-bond donors (Lipinski definition) is 0. The summed E-state index contributed by atoms with van der Waals surface area (Å²) in [5.41, 5.74) is 8.90. The molecule has 0 aliphatic heterocycles. The molecule has 0 amide bonds. The van der Waals surface area contributed by atoms with Crippen LogP contribution in [0, 0.1) is 5.92 Å². The summed E-state index contributed by atoms with van der Waals surface area (Å²) in [5.74, 6) is 1.32. The maximum Gasteiger partial charge on any atom is -0.00575 e. The van der Waals surface area contributed by atoms with Crippen molar-refractivity contribution in [2.45, 2.75) is 52.9 Å². The average molecular weight is 304 g/mol. The van der Waals surface area contributed by atoms with E-state index in [-0.39, 0.29) is 0 Å². The van der Waals surface area contributed by atoms with Crippen molar-refractivity contribution in [3.63, 3.8) is 0 Å². The summed E-state index contributed by atoms with van der Waals surface area (Å²) in [4.78, 5) is 0. The molecule has 1 aliphatic carbocycles. The van der Waals surface area contributed by atoms with Gasteiger partial charge in [0.25, 0.3) is 0 Å². The maximum atomic E-state index is 2.48. The van der Waals surface area contributed by atoms with Gasteiger partial charge in [0.2, 0.25) is 0 Å². The molecule has 120 valence electrons. The van der Waals surface area contributed by atoms with E-state index in [1.54, 1.807) is 5.57 Å². The Hall–Kier alpha value is -1.82. The molecule has 1 aliphatic rings. The Bertz CT molecular complexity index is 704. The van der Waals surface area contributed by atoms with E-state index in [0.29, 0.717) is 5.92 Å². The molecule has 0 N–H and O–H groups in total. The quantitative estimate of drug-likeness (QED) is 0.566. The zero-order valence-corrected chi connectivity index (χ0v) is 14.9. The first-order valence-corrected chi connectivity index (χ1v) is 9.00. The smallest absolute Gasteiger partial charge is 0.00575 e. The molecule has 0 radical (unpaired) electrons. The standard InChI is InChI=1S/C23H28/c1-5-17(4)21-12-11-20-14-18(13-16(2)3)15-22(20)23(21)19-9-7-6-8-10-19/h6-12,15-17H,5,13-14H2,1-4H3. The molecule has 0 saturated heterocycles. The van der Waals surface area contributed by atoms with Crippen molar-refractivity contribution in [3.8, 4) is 11.1 Å². The van der Waals surface area contributed by atoms with E-state index in [0.717, 1.165) is 12.3 Å². The first-order chi connectivity index (χ1) is 11.1. The topological polar surface area (TPSA) is 0 Å². The third kappa shape index (κ3) is 3.27. The van der Waals surface area contributed by atoms with Gasteiger partial charge in [-0.25, -0.2) is 0 Å². The average Bonchev–Trinajstić information content (AvgIpc) is 2.95. The van der Waals surface area contributed by atoms with E-state index in [1.807, 2.05) is 0 Å². The van der Waals surface area contributed by atoms with Gasteiger partial charge in [0.1, 0.15) is 0 Å². The van der Waals surface area contributed by atoms with Crippen LogP contribution in [0.1, 0.15) is 63.1 Å². The second-order valence-corrected chi connectivity index (χ2v) is 7.36. The van der Waals surface area contributed by atoms with Crippen LogP contribution in [-0.2, 0) is 6.42 Å². The largest absolute Gasteiger partial charge is 0.0649 e. The minimum atomic E-state index is 0.595. The monoisotopic (exact) mass is 304 g/mol. The van der Waals surface area contributed by atoms with Crippen LogP contribution in [0.5, 0.6) is 0 Å². The minimum Gasteiger partial charge on any atom is -0.0649 e. The summed E-state index contributed by atoms with van der Waals surface area (Å²) in [7, 11) is 0. The summed E-state index contributed by atoms with van der Waals surface area (Å²) < 4.78 is 0. The highest BCUT2D eigenvalue weighted by Crippen LogP contribution is 2.41. The van der Waals surface area contributed by atoms with Crippen molar-refractivity contribution in [1.82, 2.24) is 0 Å². The molecule has 0 bridgehead atoms. The molecule has 3 rings (SSSR count). The highest BCUT2D eigenvalue weighted by molar-refractivity contribution is 5.83. The fourth-order valence-corrected chi connectivity index (χ4v) is 3.71. The molecule has 0 heterocycles. The first kappa shape index (κ1) is 16.1. The number of benzene rings is 2. The van der Waals surface area contributed by atoms with Gasteiger partial charge in [-0.1, -0.05) is 81.8 Å². The molecule has 0 nitrogen and oxygen atoms in total. The van der Waals surface area contributed by atoms with Gasteiger partial charge in [-0.05, 0) is 58.9 Å². The van der Waals surface area contributed by atoms with Crippen molar-refractivity contribution in [3.05, 3.63) is 64.7 Å². The van der Waals surface area contributed by atoms with Crippen LogP contribution in [-0.4, -0.2) is 0 Å².